The fourth-order valence-electron chi connectivity index (χ4n) is 1.62. The van der Waals surface area contributed by atoms with Gasteiger partial charge in [-0.25, -0.2) is 0 Å². The molecule has 88 valence electrons. The summed E-state index contributed by atoms with van der Waals surface area (Å²) in [5.41, 5.74) is 0.792. The van der Waals surface area contributed by atoms with Gasteiger partial charge in [0.2, 0.25) is 5.88 Å². The Morgan fingerprint density at radius 1 is 1.59 bits per heavy atom. The maximum atomic E-state index is 12.2. The van der Waals surface area contributed by atoms with E-state index in [1.807, 2.05) is 0 Å². The van der Waals surface area contributed by atoms with Gasteiger partial charge in [0.15, 0.2) is 0 Å². The van der Waals surface area contributed by atoms with E-state index in [1.165, 1.54) is 17.7 Å². The van der Waals surface area contributed by atoms with E-state index >= 15 is 0 Å². The van der Waals surface area contributed by atoms with Crippen molar-refractivity contribution in [2.24, 2.45) is 0 Å². The first-order valence-electron chi connectivity index (χ1n) is 5.03. The average Bonchev–Trinajstić information content (AvgIpc) is 2.33. The van der Waals surface area contributed by atoms with Crippen molar-refractivity contribution in [1.82, 2.24) is 9.38 Å². The standard InChI is InChI=1S/C12H11ClN2O2/c1-3-4-9-11(17-2)14-10-6-5-8(13)7-15(10)12(9)16/h3,5-7H,1,4H2,2H3. The predicted octanol–water partition coefficient (Wildman–Crippen LogP) is 2.08. The third-order valence-electron chi connectivity index (χ3n) is 2.38. The Labute approximate surface area is 103 Å². The molecule has 17 heavy (non-hydrogen) atoms. The average molecular weight is 251 g/mol. The molecule has 4 nitrogen and oxygen atoms in total. The van der Waals surface area contributed by atoms with E-state index < -0.39 is 0 Å². The van der Waals surface area contributed by atoms with Crippen LogP contribution in [0.2, 0.25) is 5.02 Å². The lowest BCUT2D eigenvalue weighted by atomic mass is 10.2. The third kappa shape index (κ3) is 2.03. The maximum Gasteiger partial charge on any atom is 0.265 e. The molecule has 2 aromatic heterocycles. The highest BCUT2D eigenvalue weighted by Crippen LogP contribution is 2.15. The minimum absolute atomic E-state index is 0.186. The minimum atomic E-state index is -0.186. The number of aromatic nitrogens is 2. The molecule has 0 spiro atoms. The van der Waals surface area contributed by atoms with Crippen molar-refractivity contribution < 1.29 is 4.74 Å². The molecular weight excluding hydrogens is 240 g/mol. The monoisotopic (exact) mass is 250 g/mol. The van der Waals surface area contributed by atoms with Gasteiger partial charge in [0, 0.05) is 12.6 Å². The van der Waals surface area contributed by atoms with E-state index in [0.29, 0.717) is 28.5 Å². The molecule has 0 aliphatic carbocycles. The van der Waals surface area contributed by atoms with Crippen LogP contribution in [0.15, 0.2) is 35.8 Å². The molecule has 0 aromatic carbocycles. The Kier molecular flexibility index (Phi) is 3.15. The molecule has 5 heteroatoms. The summed E-state index contributed by atoms with van der Waals surface area (Å²) in [5.74, 6) is 0.331. The number of hydrogen-bond donors (Lipinski definition) is 0. The quantitative estimate of drug-likeness (QED) is 0.784. The first kappa shape index (κ1) is 11.7. The summed E-state index contributed by atoms with van der Waals surface area (Å²) in [5, 5.41) is 0.483. The largest absolute Gasteiger partial charge is 0.481 e. The van der Waals surface area contributed by atoms with Crippen molar-refractivity contribution in [1.29, 1.82) is 0 Å². The van der Waals surface area contributed by atoms with Crippen molar-refractivity contribution in [3.05, 3.63) is 51.9 Å². The summed E-state index contributed by atoms with van der Waals surface area (Å²) >= 11 is 5.85. The highest BCUT2D eigenvalue weighted by Gasteiger charge is 2.11. The van der Waals surface area contributed by atoms with Gasteiger partial charge in [0.25, 0.3) is 5.56 Å². The molecule has 2 aromatic rings. The number of halogens is 1. The lowest BCUT2D eigenvalue weighted by molar-refractivity contribution is 0.393. The van der Waals surface area contributed by atoms with Crippen LogP contribution in [0.25, 0.3) is 5.65 Å². The summed E-state index contributed by atoms with van der Waals surface area (Å²) < 4.78 is 6.52. The Hall–Kier alpha value is -1.81. The van der Waals surface area contributed by atoms with Crippen LogP contribution in [0.1, 0.15) is 5.56 Å². The number of hydrogen-bond acceptors (Lipinski definition) is 3. The van der Waals surface area contributed by atoms with Crippen molar-refractivity contribution in [3.63, 3.8) is 0 Å². The topological polar surface area (TPSA) is 43.6 Å². The predicted molar refractivity (Wildman–Crippen MR) is 66.9 cm³/mol. The van der Waals surface area contributed by atoms with E-state index in [1.54, 1.807) is 18.2 Å². The summed E-state index contributed by atoms with van der Waals surface area (Å²) in [6.45, 7) is 3.61. The number of allylic oxidation sites excluding steroid dienone is 1. The van der Waals surface area contributed by atoms with Gasteiger partial charge >= 0.3 is 0 Å². The van der Waals surface area contributed by atoms with Crippen molar-refractivity contribution in [2.45, 2.75) is 6.42 Å². The second-order valence-corrected chi connectivity index (χ2v) is 3.91. The minimum Gasteiger partial charge on any atom is -0.481 e. The van der Waals surface area contributed by atoms with Crippen LogP contribution in [0.5, 0.6) is 5.88 Å². The molecule has 2 heterocycles. The van der Waals surface area contributed by atoms with Crippen molar-refractivity contribution in [3.8, 4) is 5.88 Å². The summed E-state index contributed by atoms with van der Waals surface area (Å²) in [7, 11) is 1.49. The van der Waals surface area contributed by atoms with E-state index in [-0.39, 0.29) is 5.56 Å². The van der Waals surface area contributed by atoms with Gasteiger partial charge in [0.05, 0.1) is 17.7 Å². The van der Waals surface area contributed by atoms with Crippen LogP contribution in [0.4, 0.5) is 0 Å². The molecule has 0 atom stereocenters. The molecular formula is C12H11ClN2O2. The molecule has 0 fully saturated rings. The number of ether oxygens (including phenoxy) is 1. The normalized spacial score (nSPS) is 10.5. The fourth-order valence-corrected chi connectivity index (χ4v) is 1.78. The molecule has 0 radical (unpaired) electrons. The molecule has 0 saturated heterocycles. The van der Waals surface area contributed by atoms with Crippen LogP contribution in [-0.4, -0.2) is 16.5 Å². The first-order valence-corrected chi connectivity index (χ1v) is 5.41. The van der Waals surface area contributed by atoms with Crippen LogP contribution in [-0.2, 0) is 6.42 Å². The van der Waals surface area contributed by atoms with Crippen LogP contribution < -0.4 is 10.3 Å². The Morgan fingerprint density at radius 3 is 3.00 bits per heavy atom. The van der Waals surface area contributed by atoms with E-state index in [2.05, 4.69) is 11.6 Å². The smallest absolute Gasteiger partial charge is 0.265 e. The van der Waals surface area contributed by atoms with Gasteiger partial charge in [-0.3, -0.25) is 9.20 Å². The SMILES string of the molecule is C=CCc1c(OC)nc2ccc(Cl)cn2c1=O. The van der Waals surface area contributed by atoms with Crippen LogP contribution >= 0.6 is 11.6 Å². The zero-order valence-electron chi connectivity index (χ0n) is 9.31. The van der Waals surface area contributed by atoms with E-state index in [0.717, 1.165) is 0 Å². The third-order valence-corrected chi connectivity index (χ3v) is 2.61. The zero-order chi connectivity index (χ0) is 12.4. The highest BCUT2D eigenvalue weighted by atomic mass is 35.5. The number of nitrogens with zero attached hydrogens (tertiary/aromatic N) is 2. The summed E-state index contributed by atoms with van der Waals surface area (Å²) in [6, 6.07) is 3.35. The summed E-state index contributed by atoms with van der Waals surface area (Å²) in [6.07, 6.45) is 3.58. The van der Waals surface area contributed by atoms with Crippen molar-refractivity contribution >= 4 is 17.2 Å². The Bertz CT molecular complexity index is 634. The van der Waals surface area contributed by atoms with E-state index in [9.17, 15) is 4.79 Å². The number of fused-ring (bicyclic) bond motifs is 1. The first-order chi connectivity index (χ1) is 8.17. The lowest BCUT2D eigenvalue weighted by Crippen LogP contribution is -2.20. The molecule has 0 N–H and O–H groups in total. The fraction of sp³-hybridized carbons (Fsp3) is 0.167. The van der Waals surface area contributed by atoms with Gasteiger partial charge in [-0.1, -0.05) is 17.7 Å². The molecule has 0 amide bonds. The number of rotatable bonds is 3. The Balaban J connectivity index is 2.83. The molecule has 0 bridgehead atoms. The Morgan fingerprint density at radius 2 is 2.35 bits per heavy atom. The van der Waals surface area contributed by atoms with Crippen molar-refractivity contribution in [2.75, 3.05) is 7.11 Å². The number of methoxy groups -OCH3 is 1. The molecule has 0 aliphatic rings. The molecule has 0 saturated carbocycles. The zero-order valence-corrected chi connectivity index (χ0v) is 10.1. The molecule has 0 unspecified atom stereocenters. The van der Waals surface area contributed by atoms with Gasteiger partial charge < -0.3 is 4.74 Å². The van der Waals surface area contributed by atoms with Gasteiger partial charge in [-0.2, -0.15) is 4.98 Å². The van der Waals surface area contributed by atoms with Crippen LogP contribution in [0.3, 0.4) is 0 Å². The second kappa shape index (κ2) is 4.59. The maximum absolute atomic E-state index is 12.2. The molecule has 2 rings (SSSR count). The lowest BCUT2D eigenvalue weighted by Gasteiger charge is -2.08. The van der Waals surface area contributed by atoms with Gasteiger partial charge in [0.1, 0.15) is 5.65 Å². The van der Waals surface area contributed by atoms with Gasteiger partial charge in [-0.05, 0) is 12.1 Å². The summed E-state index contributed by atoms with van der Waals surface area (Å²) in [4.78, 5) is 16.4. The van der Waals surface area contributed by atoms with E-state index in [4.69, 9.17) is 16.3 Å². The molecule has 0 aliphatic heterocycles. The number of pyridine rings is 1. The second-order valence-electron chi connectivity index (χ2n) is 3.47. The van der Waals surface area contributed by atoms with Crippen LogP contribution in [0, 0.1) is 0 Å². The van der Waals surface area contributed by atoms with Gasteiger partial charge in [-0.15, -0.1) is 6.58 Å². The highest BCUT2D eigenvalue weighted by molar-refractivity contribution is 6.30.